The van der Waals surface area contributed by atoms with E-state index in [1.165, 1.54) is 0 Å². The van der Waals surface area contributed by atoms with Crippen LogP contribution in [-0.4, -0.2) is 11.2 Å². The summed E-state index contributed by atoms with van der Waals surface area (Å²) < 4.78 is 0. The molecule has 2 aromatic rings. The zero-order valence-electron chi connectivity index (χ0n) is 8.60. The highest BCUT2D eigenvalue weighted by Gasteiger charge is 2.07. The van der Waals surface area contributed by atoms with Crippen molar-refractivity contribution >= 4 is 28.6 Å². The second-order valence-electron chi connectivity index (χ2n) is 3.39. The summed E-state index contributed by atoms with van der Waals surface area (Å²) in [5.74, 6) is 0. The summed E-state index contributed by atoms with van der Waals surface area (Å²) in [5.41, 5.74) is 1.36. The molecule has 2 N–H and O–H groups in total. The lowest BCUT2D eigenvalue weighted by molar-refractivity contribution is 0.210. The molecule has 2 rings (SSSR count). The number of hydrogen-bond acceptors (Lipinski definition) is 1. The quantitative estimate of drug-likeness (QED) is 0.801. The number of rotatable bonds is 2. The number of benzene rings is 2. The molecule has 0 radical (unpaired) electrons. The van der Waals surface area contributed by atoms with Gasteiger partial charge in [0.2, 0.25) is 0 Å². The van der Waals surface area contributed by atoms with Crippen LogP contribution in [0.4, 0.5) is 10.5 Å². The Bertz CT molecular complexity index is 561. The van der Waals surface area contributed by atoms with Crippen molar-refractivity contribution in [2.45, 2.75) is 0 Å². The molecular weight excluding hydrogens is 202 g/mol. The third kappa shape index (κ3) is 1.75. The maximum atomic E-state index is 10.7. The third-order valence-corrected chi connectivity index (χ3v) is 2.41. The highest BCUT2D eigenvalue weighted by Crippen LogP contribution is 2.28. The smallest absolute Gasteiger partial charge is 0.409 e. The van der Waals surface area contributed by atoms with Crippen molar-refractivity contribution in [1.29, 1.82) is 0 Å². The van der Waals surface area contributed by atoms with Crippen LogP contribution in [0.3, 0.4) is 0 Å². The van der Waals surface area contributed by atoms with Crippen LogP contribution in [0.2, 0.25) is 0 Å². The zero-order valence-corrected chi connectivity index (χ0v) is 8.60. The van der Waals surface area contributed by atoms with E-state index in [2.05, 4.69) is 11.9 Å². The van der Waals surface area contributed by atoms with Crippen LogP contribution in [0.25, 0.3) is 16.8 Å². The van der Waals surface area contributed by atoms with Gasteiger partial charge in [0, 0.05) is 5.39 Å². The molecule has 16 heavy (non-hydrogen) atoms. The van der Waals surface area contributed by atoms with E-state index in [9.17, 15) is 4.79 Å². The average molecular weight is 213 g/mol. The number of fused-ring (bicyclic) bond motifs is 1. The van der Waals surface area contributed by atoms with Gasteiger partial charge in [0.25, 0.3) is 0 Å². The molecule has 0 aliphatic carbocycles. The van der Waals surface area contributed by atoms with Gasteiger partial charge in [-0.2, -0.15) is 0 Å². The predicted molar refractivity (Wildman–Crippen MR) is 65.7 cm³/mol. The molecule has 2 aromatic carbocycles. The Balaban J connectivity index is 2.72. The Hall–Kier alpha value is -2.29. The van der Waals surface area contributed by atoms with E-state index < -0.39 is 6.09 Å². The monoisotopic (exact) mass is 213 g/mol. The van der Waals surface area contributed by atoms with Crippen LogP contribution in [0.1, 0.15) is 5.56 Å². The summed E-state index contributed by atoms with van der Waals surface area (Å²) in [4.78, 5) is 10.7. The summed E-state index contributed by atoms with van der Waals surface area (Å²) in [7, 11) is 0. The lowest BCUT2D eigenvalue weighted by atomic mass is 10.0. The van der Waals surface area contributed by atoms with Crippen LogP contribution in [0.15, 0.2) is 43.0 Å². The third-order valence-electron chi connectivity index (χ3n) is 2.41. The standard InChI is InChI=1S/C13H11NO2/c1-2-9-7-8-10-5-3-4-6-11(10)12(9)14-13(15)16/h2-8,14H,1H2,(H,15,16). The molecule has 0 heterocycles. The fraction of sp³-hybridized carbons (Fsp3) is 0. The maximum Gasteiger partial charge on any atom is 0.409 e. The van der Waals surface area contributed by atoms with E-state index in [-0.39, 0.29) is 0 Å². The van der Waals surface area contributed by atoms with Crippen molar-refractivity contribution in [2.24, 2.45) is 0 Å². The van der Waals surface area contributed by atoms with Gasteiger partial charge < -0.3 is 5.11 Å². The van der Waals surface area contributed by atoms with Gasteiger partial charge in [0.15, 0.2) is 0 Å². The van der Waals surface area contributed by atoms with Crippen molar-refractivity contribution in [3.8, 4) is 0 Å². The molecule has 80 valence electrons. The minimum Gasteiger partial charge on any atom is -0.465 e. The Morgan fingerprint density at radius 1 is 1.25 bits per heavy atom. The first-order valence-corrected chi connectivity index (χ1v) is 4.86. The fourth-order valence-corrected chi connectivity index (χ4v) is 1.70. The van der Waals surface area contributed by atoms with Gasteiger partial charge in [-0.15, -0.1) is 0 Å². The minimum absolute atomic E-state index is 0.584. The predicted octanol–water partition coefficient (Wildman–Crippen LogP) is 3.57. The van der Waals surface area contributed by atoms with Crippen LogP contribution >= 0.6 is 0 Å². The second-order valence-corrected chi connectivity index (χ2v) is 3.39. The molecule has 0 atom stereocenters. The van der Waals surface area contributed by atoms with Gasteiger partial charge in [-0.25, -0.2) is 4.79 Å². The van der Waals surface area contributed by atoms with Crippen molar-refractivity contribution in [3.63, 3.8) is 0 Å². The summed E-state index contributed by atoms with van der Waals surface area (Å²) in [5, 5.41) is 13.1. The van der Waals surface area contributed by atoms with E-state index in [0.717, 1.165) is 16.3 Å². The highest BCUT2D eigenvalue weighted by molar-refractivity contribution is 6.03. The molecule has 0 aromatic heterocycles. The van der Waals surface area contributed by atoms with E-state index in [0.29, 0.717) is 5.69 Å². The molecule has 0 saturated carbocycles. The molecule has 0 saturated heterocycles. The zero-order chi connectivity index (χ0) is 11.5. The van der Waals surface area contributed by atoms with E-state index in [1.807, 2.05) is 36.4 Å². The van der Waals surface area contributed by atoms with Crippen LogP contribution < -0.4 is 5.32 Å². The first-order chi connectivity index (χ1) is 7.72. The molecule has 0 aliphatic rings. The molecule has 0 unspecified atom stereocenters. The highest BCUT2D eigenvalue weighted by atomic mass is 16.4. The Labute approximate surface area is 93.0 Å². The number of carboxylic acid groups (broad SMARTS) is 1. The number of nitrogens with one attached hydrogen (secondary N) is 1. The van der Waals surface area contributed by atoms with Crippen LogP contribution in [-0.2, 0) is 0 Å². The molecule has 0 aliphatic heterocycles. The lowest BCUT2D eigenvalue weighted by Gasteiger charge is -2.09. The van der Waals surface area contributed by atoms with Gasteiger partial charge in [0.1, 0.15) is 0 Å². The van der Waals surface area contributed by atoms with Crippen LogP contribution in [0.5, 0.6) is 0 Å². The summed E-state index contributed by atoms with van der Waals surface area (Å²) in [6.07, 6.45) is 0.567. The molecule has 3 heteroatoms. The van der Waals surface area contributed by atoms with Gasteiger partial charge in [0.05, 0.1) is 5.69 Å². The van der Waals surface area contributed by atoms with E-state index >= 15 is 0 Å². The normalized spacial score (nSPS) is 10.0. The number of amides is 1. The number of carbonyl (C=O) groups is 1. The Morgan fingerprint density at radius 3 is 2.69 bits per heavy atom. The Kier molecular flexibility index (Phi) is 2.60. The van der Waals surface area contributed by atoms with Crippen LogP contribution in [0, 0.1) is 0 Å². The van der Waals surface area contributed by atoms with Crippen molar-refractivity contribution in [1.82, 2.24) is 0 Å². The topological polar surface area (TPSA) is 49.3 Å². The maximum absolute atomic E-state index is 10.7. The van der Waals surface area contributed by atoms with Gasteiger partial charge in [-0.1, -0.05) is 49.1 Å². The number of anilines is 1. The molecule has 0 spiro atoms. The van der Waals surface area contributed by atoms with Crippen molar-refractivity contribution in [3.05, 3.63) is 48.5 Å². The SMILES string of the molecule is C=Cc1ccc2ccccc2c1NC(=O)O. The van der Waals surface area contributed by atoms with Gasteiger partial charge >= 0.3 is 6.09 Å². The summed E-state index contributed by atoms with van der Waals surface area (Å²) >= 11 is 0. The molecule has 0 bridgehead atoms. The average Bonchev–Trinajstić information content (AvgIpc) is 2.29. The van der Waals surface area contributed by atoms with Gasteiger partial charge in [-0.05, 0) is 10.9 Å². The first kappa shape index (κ1) is 10.2. The van der Waals surface area contributed by atoms with Crippen molar-refractivity contribution < 1.29 is 9.90 Å². The van der Waals surface area contributed by atoms with Gasteiger partial charge in [-0.3, -0.25) is 5.32 Å². The summed E-state index contributed by atoms with van der Waals surface area (Å²) in [6, 6.07) is 11.4. The summed E-state index contributed by atoms with van der Waals surface area (Å²) in [6.45, 7) is 3.67. The second kappa shape index (κ2) is 4.06. The molecule has 3 nitrogen and oxygen atoms in total. The molecule has 0 fully saturated rings. The minimum atomic E-state index is -1.07. The molecule has 1 amide bonds. The largest absolute Gasteiger partial charge is 0.465 e. The van der Waals surface area contributed by atoms with E-state index in [4.69, 9.17) is 5.11 Å². The first-order valence-electron chi connectivity index (χ1n) is 4.86. The fourth-order valence-electron chi connectivity index (χ4n) is 1.70. The van der Waals surface area contributed by atoms with E-state index in [1.54, 1.807) is 6.08 Å². The molecular formula is C13H11NO2. The number of hydrogen-bond donors (Lipinski definition) is 2. The van der Waals surface area contributed by atoms with Crippen molar-refractivity contribution in [2.75, 3.05) is 5.32 Å². The lowest BCUT2D eigenvalue weighted by Crippen LogP contribution is -2.08. The Morgan fingerprint density at radius 2 is 2.00 bits per heavy atom.